The highest BCUT2D eigenvalue weighted by molar-refractivity contribution is 7.16. The molecule has 1 heterocycles. The van der Waals surface area contributed by atoms with Crippen LogP contribution in [0.1, 0.15) is 4.88 Å². The summed E-state index contributed by atoms with van der Waals surface area (Å²) < 4.78 is 12.6. The summed E-state index contributed by atoms with van der Waals surface area (Å²) in [6, 6.07) is 10.2. The first kappa shape index (κ1) is 8.98. The highest BCUT2D eigenvalue weighted by Gasteiger charge is 2.00. The molecule has 0 aliphatic heterocycles. The molecule has 68 valence electrons. The Morgan fingerprint density at radius 3 is 2.36 bits per heavy atom. The third-order valence-corrected chi connectivity index (χ3v) is 2.94. The number of hydrogen-bond donors (Lipinski definition) is 0. The Morgan fingerprint density at radius 2 is 1.79 bits per heavy atom. The van der Waals surface area contributed by atoms with Crippen molar-refractivity contribution in [1.29, 1.82) is 0 Å². The van der Waals surface area contributed by atoms with Gasteiger partial charge < -0.3 is 0 Å². The van der Waals surface area contributed by atoms with E-state index in [1.807, 2.05) is 12.1 Å². The minimum atomic E-state index is -0.220. The van der Waals surface area contributed by atoms with Crippen LogP contribution in [0.3, 0.4) is 0 Å². The van der Waals surface area contributed by atoms with Crippen LogP contribution in [0, 0.1) is 18.2 Å². The summed E-state index contributed by atoms with van der Waals surface area (Å²) in [5, 5.41) is 0. The molecule has 0 spiro atoms. The van der Waals surface area contributed by atoms with Gasteiger partial charge >= 0.3 is 0 Å². The van der Waals surface area contributed by atoms with E-state index in [2.05, 4.69) is 5.92 Å². The van der Waals surface area contributed by atoms with E-state index in [0.29, 0.717) is 0 Å². The molecule has 0 aliphatic rings. The summed E-state index contributed by atoms with van der Waals surface area (Å²) in [5.41, 5.74) is 0.998. The number of hydrogen-bond acceptors (Lipinski definition) is 1. The lowest BCUT2D eigenvalue weighted by molar-refractivity contribution is 0.628. The van der Waals surface area contributed by atoms with E-state index in [-0.39, 0.29) is 5.82 Å². The van der Waals surface area contributed by atoms with Crippen LogP contribution >= 0.6 is 11.3 Å². The van der Waals surface area contributed by atoms with E-state index in [4.69, 9.17) is 6.42 Å². The minimum Gasteiger partial charge on any atom is -0.207 e. The zero-order valence-electron chi connectivity index (χ0n) is 7.33. The van der Waals surface area contributed by atoms with E-state index in [9.17, 15) is 4.39 Å². The first-order chi connectivity index (χ1) is 6.79. The number of thiophene rings is 1. The van der Waals surface area contributed by atoms with E-state index in [1.54, 1.807) is 12.1 Å². The van der Waals surface area contributed by atoms with Crippen LogP contribution in [0.2, 0.25) is 0 Å². The highest BCUT2D eigenvalue weighted by Crippen LogP contribution is 2.27. The van der Waals surface area contributed by atoms with Crippen LogP contribution in [-0.4, -0.2) is 0 Å². The maximum Gasteiger partial charge on any atom is 0.123 e. The van der Waals surface area contributed by atoms with E-state index >= 15 is 0 Å². The molecule has 1 aromatic carbocycles. The largest absolute Gasteiger partial charge is 0.207 e. The molecule has 14 heavy (non-hydrogen) atoms. The summed E-state index contributed by atoms with van der Waals surface area (Å²) in [6.07, 6.45) is 5.27. The van der Waals surface area contributed by atoms with Gasteiger partial charge in [0.15, 0.2) is 0 Å². The van der Waals surface area contributed by atoms with Gasteiger partial charge in [0.25, 0.3) is 0 Å². The molecule has 0 bridgehead atoms. The Balaban J connectivity index is 2.40. The van der Waals surface area contributed by atoms with Crippen LogP contribution in [-0.2, 0) is 0 Å². The lowest BCUT2D eigenvalue weighted by Crippen LogP contribution is -1.73. The Kier molecular flexibility index (Phi) is 2.34. The van der Waals surface area contributed by atoms with Crippen molar-refractivity contribution in [3.05, 3.63) is 47.1 Å². The fraction of sp³-hybridized carbons (Fsp3) is 0. The van der Waals surface area contributed by atoms with Crippen LogP contribution in [0.15, 0.2) is 36.4 Å². The second-order valence-corrected chi connectivity index (χ2v) is 3.90. The van der Waals surface area contributed by atoms with Gasteiger partial charge in [0.1, 0.15) is 5.82 Å². The molecular weight excluding hydrogens is 195 g/mol. The topological polar surface area (TPSA) is 0 Å². The van der Waals surface area contributed by atoms with Crippen molar-refractivity contribution in [1.82, 2.24) is 0 Å². The fourth-order valence-electron chi connectivity index (χ4n) is 1.18. The fourth-order valence-corrected chi connectivity index (χ4v) is 2.01. The lowest BCUT2D eigenvalue weighted by atomic mass is 10.2. The zero-order chi connectivity index (χ0) is 9.97. The Labute approximate surface area is 86.0 Å². The smallest absolute Gasteiger partial charge is 0.123 e. The Hall–Kier alpha value is -1.59. The molecule has 0 amide bonds. The number of terminal acetylenes is 1. The summed E-state index contributed by atoms with van der Waals surface area (Å²) in [5.74, 6) is 2.35. The molecule has 0 saturated carbocycles. The zero-order valence-corrected chi connectivity index (χ0v) is 8.14. The van der Waals surface area contributed by atoms with Crippen LogP contribution in [0.5, 0.6) is 0 Å². The molecule has 0 saturated heterocycles. The van der Waals surface area contributed by atoms with Gasteiger partial charge in [-0.15, -0.1) is 17.8 Å². The lowest BCUT2D eigenvalue weighted by Gasteiger charge is -1.95. The van der Waals surface area contributed by atoms with Gasteiger partial charge in [0.05, 0.1) is 4.88 Å². The predicted octanol–water partition coefficient (Wildman–Crippen LogP) is 3.54. The Bertz CT molecular complexity index is 474. The van der Waals surface area contributed by atoms with Crippen molar-refractivity contribution in [3.8, 4) is 22.8 Å². The molecule has 0 radical (unpaired) electrons. The maximum atomic E-state index is 12.6. The van der Waals surface area contributed by atoms with Crippen LogP contribution in [0.25, 0.3) is 10.4 Å². The van der Waals surface area contributed by atoms with E-state index < -0.39 is 0 Å². The molecule has 0 N–H and O–H groups in total. The Morgan fingerprint density at radius 1 is 1.07 bits per heavy atom. The quantitative estimate of drug-likeness (QED) is 0.620. The van der Waals surface area contributed by atoms with Gasteiger partial charge in [-0.3, -0.25) is 0 Å². The SMILES string of the molecule is C#Cc1ccc(-c2ccc(F)cc2)s1. The standard InChI is InChI=1S/C12H7FS/c1-2-11-7-8-12(14-11)9-3-5-10(13)6-4-9/h1,3-8H. The second kappa shape index (κ2) is 3.65. The average molecular weight is 202 g/mol. The summed E-state index contributed by atoms with van der Waals surface area (Å²) in [4.78, 5) is 1.96. The summed E-state index contributed by atoms with van der Waals surface area (Å²) >= 11 is 1.53. The molecular formula is C12H7FS. The van der Waals surface area contributed by atoms with Crippen LogP contribution < -0.4 is 0 Å². The van der Waals surface area contributed by atoms with Crippen molar-refractivity contribution in [3.63, 3.8) is 0 Å². The van der Waals surface area contributed by atoms with Crippen molar-refractivity contribution in [2.45, 2.75) is 0 Å². The van der Waals surface area contributed by atoms with Gasteiger partial charge in [-0.25, -0.2) is 4.39 Å². The van der Waals surface area contributed by atoms with Crippen molar-refractivity contribution >= 4 is 11.3 Å². The third-order valence-electron chi connectivity index (χ3n) is 1.88. The molecule has 0 atom stereocenters. The third kappa shape index (κ3) is 1.68. The van der Waals surface area contributed by atoms with Gasteiger partial charge in [-0.05, 0) is 29.8 Å². The van der Waals surface area contributed by atoms with E-state index in [0.717, 1.165) is 15.3 Å². The number of rotatable bonds is 1. The van der Waals surface area contributed by atoms with E-state index in [1.165, 1.54) is 23.5 Å². The first-order valence-electron chi connectivity index (χ1n) is 4.12. The maximum absolute atomic E-state index is 12.6. The highest BCUT2D eigenvalue weighted by atomic mass is 32.1. The monoisotopic (exact) mass is 202 g/mol. The van der Waals surface area contributed by atoms with Gasteiger partial charge in [0.2, 0.25) is 0 Å². The molecule has 2 rings (SSSR count). The summed E-state index contributed by atoms with van der Waals surface area (Å²) in [7, 11) is 0. The predicted molar refractivity (Wildman–Crippen MR) is 57.6 cm³/mol. The minimum absolute atomic E-state index is 0.220. The first-order valence-corrected chi connectivity index (χ1v) is 4.93. The van der Waals surface area contributed by atoms with Gasteiger partial charge in [0, 0.05) is 4.88 Å². The molecule has 1 aromatic heterocycles. The summed E-state index contributed by atoms with van der Waals surface area (Å²) in [6.45, 7) is 0. The normalized spacial score (nSPS) is 9.71. The molecule has 2 heteroatoms. The van der Waals surface area contributed by atoms with Crippen molar-refractivity contribution < 1.29 is 4.39 Å². The van der Waals surface area contributed by atoms with Crippen molar-refractivity contribution in [2.24, 2.45) is 0 Å². The van der Waals surface area contributed by atoms with Crippen molar-refractivity contribution in [2.75, 3.05) is 0 Å². The van der Waals surface area contributed by atoms with Crippen LogP contribution in [0.4, 0.5) is 4.39 Å². The van der Waals surface area contributed by atoms with Gasteiger partial charge in [-0.1, -0.05) is 18.1 Å². The molecule has 0 unspecified atom stereocenters. The number of benzene rings is 1. The molecule has 0 fully saturated rings. The molecule has 0 nitrogen and oxygen atoms in total. The second-order valence-electron chi connectivity index (χ2n) is 2.82. The van der Waals surface area contributed by atoms with Gasteiger partial charge in [-0.2, -0.15) is 0 Å². The number of halogens is 1. The average Bonchev–Trinajstić information content (AvgIpc) is 2.67. The molecule has 0 aliphatic carbocycles. The molecule has 2 aromatic rings.